The maximum absolute atomic E-state index is 13.5. The van der Waals surface area contributed by atoms with Crippen LogP contribution in [0, 0.1) is 0 Å². The van der Waals surface area contributed by atoms with Crippen LogP contribution in [0.1, 0.15) is 32.3 Å². The molecule has 1 aliphatic carbocycles. The SMILES string of the molecule is CC(C)(C)OC(=O)N[C@]1(CN)[C@H](c2cccc(Cl)c2)[C@@H]1S(=O)(=O)c1ccc(Cl)cc1. The first-order valence-corrected chi connectivity index (χ1v) is 11.7. The Kier molecular flexibility index (Phi) is 6.13. The summed E-state index contributed by atoms with van der Waals surface area (Å²) in [5.74, 6) is -0.589. The van der Waals surface area contributed by atoms with Gasteiger partial charge in [-0.15, -0.1) is 0 Å². The molecule has 162 valence electrons. The van der Waals surface area contributed by atoms with Crippen molar-refractivity contribution >= 4 is 39.1 Å². The Balaban J connectivity index is 2.05. The first kappa shape index (κ1) is 22.9. The van der Waals surface area contributed by atoms with Gasteiger partial charge in [-0.3, -0.25) is 0 Å². The van der Waals surface area contributed by atoms with E-state index >= 15 is 0 Å². The zero-order chi connectivity index (χ0) is 22.3. The third kappa shape index (κ3) is 4.44. The third-order valence-corrected chi connectivity index (χ3v) is 7.79. The standard InChI is InChI=1S/C21H24Cl2N2O4S/c1-20(2,3)29-19(26)25-21(12-24)17(13-5-4-6-15(23)11-13)18(21)30(27,28)16-9-7-14(22)8-10-16/h4-11,17-18H,12,24H2,1-3H3,(H,25,26)/t17-,18+,21-/m1/s1. The highest BCUT2D eigenvalue weighted by Gasteiger charge is 2.71. The molecule has 30 heavy (non-hydrogen) atoms. The maximum atomic E-state index is 13.5. The van der Waals surface area contributed by atoms with Crippen molar-refractivity contribution in [1.82, 2.24) is 5.32 Å². The summed E-state index contributed by atoms with van der Waals surface area (Å²) in [5, 5.41) is 2.65. The number of alkyl carbamates (subject to hydrolysis) is 1. The predicted octanol–water partition coefficient (Wildman–Crippen LogP) is 4.16. The fraction of sp³-hybridized carbons (Fsp3) is 0.381. The second-order valence-electron chi connectivity index (χ2n) is 8.32. The molecule has 0 unspecified atom stereocenters. The molecule has 3 N–H and O–H groups in total. The zero-order valence-electron chi connectivity index (χ0n) is 16.9. The number of nitrogens with two attached hydrogens (primary N) is 1. The fourth-order valence-electron chi connectivity index (χ4n) is 3.74. The van der Waals surface area contributed by atoms with E-state index < -0.39 is 38.2 Å². The average Bonchev–Trinajstić information content (AvgIpc) is 3.30. The molecule has 0 aliphatic heterocycles. The second kappa shape index (κ2) is 8.04. The molecule has 0 saturated heterocycles. The van der Waals surface area contributed by atoms with Crippen molar-refractivity contribution in [1.29, 1.82) is 0 Å². The van der Waals surface area contributed by atoms with Gasteiger partial charge < -0.3 is 15.8 Å². The summed E-state index contributed by atoms with van der Waals surface area (Å²) < 4.78 is 32.3. The van der Waals surface area contributed by atoms with Gasteiger partial charge in [-0.25, -0.2) is 13.2 Å². The lowest BCUT2D eigenvalue weighted by Gasteiger charge is -2.24. The van der Waals surface area contributed by atoms with E-state index in [-0.39, 0.29) is 11.4 Å². The minimum Gasteiger partial charge on any atom is -0.444 e. The number of nitrogens with one attached hydrogen (secondary N) is 1. The van der Waals surface area contributed by atoms with Gasteiger partial charge in [0, 0.05) is 22.5 Å². The van der Waals surface area contributed by atoms with Crippen molar-refractivity contribution < 1.29 is 17.9 Å². The van der Waals surface area contributed by atoms with E-state index in [1.54, 1.807) is 45.0 Å². The van der Waals surface area contributed by atoms with Gasteiger partial charge in [-0.2, -0.15) is 0 Å². The van der Waals surface area contributed by atoms with Gasteiger partial charge in [0.05, 0.1) is 10.4 Å². The Morgan fingerprint density at radius 1 is 1.13 bits per heavy atom. The number of hydrogen-bond donors (Lipinski definition) is 2. The minimum atomic E-state index is -3.85. The van der Waals surface area contributed by atoms with Gasteiger partial charge >= 0.3 is 6.09 Å². The van der Waals surface area contributed by atoms with E-state index in [4.69, 9.17) is 33.7 Å². The molecule has 2 aromatic rings. The zero-order valence-corrected chi connectivity index (χ0v) is 19.2. The van der Waals surface area contributed by atoms with Crippen molar-refractivity contribution in [2.45, 2.75) is 48.0 Å². The van der Waals surface area contributed by atoms with Gasteiger partial charge in [-0.05, 0) is 62.7 Å². The smallest absolute Gasteiger partial charge is 0.408 e. The molecule has 1 saturated carbocycles. The topological polar surface area (TPSA) is 98.5 Å². The van der Waals surface area contributed by atoms with Crippen LogP contribution in [0.3, 0.4) is 0 Å². The number of amides is 1. The highest BCUT2D eigenvalue weighted by Crippen LogP contribution is 2.57. The molecule has 0 heterocycles. The lowest BCUT2D eigenvalue weighted by molar-refractivity contribution is 0.0497. The monoisotopic (exact) mass is 470 g/mol. The van der Waals surface area contributed by atoms with Crippen LogP contribution in [0.2, 0.25) is 10.0 Å². The van der Waals surface area contributed by atoms with Crippen molar-refractivity contribution in [3.63, 3.8) is 0 Å². The quantitative estimate of drug-likeness (QED) is 0.683. The number of carbonyl (C=O) groups excluding carboxylic acids is 1. The van der Waals surface area contributed by atoms with E-state index in [0.29, 0.717) is 15.6 Å². The normalized spacial score (nSPS) is 23.7. The Labute approximate surface area is 186 Å². The van der Waals surface area contributed by atoms with Crippen molar-refractivity contribution in [2.24, 2.45) is 5.73 Å². The van der Waals surface area contributed by atoms with E-state index in [9.17, 15) is 13.2 Å². The molecule has 0 radical (unpaired) electrons. The van der Waals surface area contributed by atoms with Gasteiger partial charge in [0.1, 0.15) is 10.9 Å². The van der Waals surface area contributed by atoms with Crippen molar-refractivity contribution in [3.8, 4) is 0 Å². The Bertz CT molecular complexity index is 1050. The lowest BCUT2D eigenvalue weighted by atomic mass is 10.1. The summed E-state index contributed by atoms with van der Waals surface area (Å²) in [4.78, 5) is 12.6. The Morgan fingerprint density at radius 2 is 1.77 bits per heavy atom. The summed E-state index contributed by atoms with van der Waals surface area (Å²) in [6.07, 6.45) is -0.728. The summed E-state index contributed by atoms with van der Waals surface area (Å²) in [5.41, 5.74) is 4.74. The largest absolute Gasteiger partial charge is 0.444 e. The molecule has 1 amide bonds. The molecule has 0 bridgehead atoms. The first-order chi connectivity index (χ1) is 13.9. The lowest BCUT2D eigenvalue weighted by Crippen LogP contribution is -2.49. The van der Waals surface area contributed by atoms with Gasteiger partial charge in [0.25, 0.3) is 0 Å². The second-order valence-corrected chi connectivity index (χ2v) is 11.3. The van der Waals surface area contributed by atoms with Crippen LogP contribution in [0.4, 0.5) is 4.79 Å². The third-order valence-electron chi connectivity index (χ3n) is 5.01. The predicted molar refractivity (Wildman–Crippen MR) is 118 cm³/mol. The van der Waals surface area contributed by atoms with E-state index in [2.05, 4.69) is 5.32 Å². The molecular weight excluding hydrogens is 447 g/mol. The number of benzene rings is 2. The van der Waals surface area contributed by atoms with Gasteiger partial charge in [0.15, 0.2) is 9.84 Å². The van der Waals surface area contributed by atoms with E-state index in [0.717, 1.165) is 0 Å². The molecule has 2 aromatic carbocycles. The number of ether oxygens (including phenoxy) is 1. The summed E-state index contributed by atoms with van der Waals surface area (Å²) in [7, 11) is -3.85. The number of rotatable bonds is 5. The van der Waals surface area contributed by atoms with Crippen molar-refractivity contribution in [3.05, 3.63) is 64.1 Å². The average molecular weight is 471 g/mol. The minimum absolute atomic E-state index is 0.0963. The molecule has 1 fully saturated rings. The number of sulfone groups is 1. The van der Waals surface area contributed by atoms with Crippen molar-refractivity contribution in [2.75, 3.05) is 6.54 Å². The Morgan fingerprint density at radius 3 is 2.30 bits per heavy atom. The number of carbonyl (C=O) groups is 1. The Hall–Kier alpha value is -1.80. The fourth-order valence-corrected chi connectivity index (χ4v) is 6.41. The van der Waals surface area contributed by atoms with Crippen LogP contribution < -0.4 is 11.1 Å². The number of hydrogen-bond acceptors (Lipinski definition) is 5. The van der Waals surface area contributed by atoms with Crippen LogP contribution in [-0.4, -0.2) is 37.4 Å². The highest BCUT2D eigenvalue weighted by atomic mass is 35.5. The van der Waals surface area contributed by atoms with Crippen LogP contribution in [0.5, 0.6) is 0 Å². The highest BCUT2D eigenvalue weighted by molar-refractivity contribution is 7.92. The molecule has 3 rings (SSSR count). The molecule has 6 nitrogen and oxygen atoms in total. The van der Waals surface area contributed by atoms with Crippen LogP contribution in [0.25, 0.3) is 0 Å². The molecule has 0 spiro atoms. The molecular formula is C21H24Cl2N2O4S. The number of halogens is 2. The molecule has 3 atom stereocenters. The van der Waals surface area contributed by atoms with Gasteiger partial charge in [0.2, 0.25) is 0 Å². The summed E-state index contributed by atoms with van der Waals surface area (Å²) in [6, 6.07) is 12.8. The van der Waals surface area contributed by atoms with Crippen LogP contribution in [0.15, 0.2) is 53.4 Å². The van der Waals surface area contributed by atoms with Crippen LogP contribution in [-0.2, 0) is 14.6 Å². The summed E-state index contributed by atoms with van der Waals surface area (Å²) in [6.45, 7) is 5.09. The first-order valence-electron chi connectivity index (χ1n) is 9.37. The summed E-state index contributed by atoms with van der Waals surface area (Å²) >= 11 is 12.0. The molecule has 1 aliphatic rings. The van der Waals surface area contributed by atoms with E-state index in [1.807, 2.05) is 0 Å². The van der Waals surface area contributed by atoms with E-state index in [1.165, 1.54) is 24.3 Å². The van der Waals surface area contributed by atoms with Crippen LogP contribution >= 0.6 is 23.2 Å². The van der Waals surface area contributed by atoms with Gasteiger partial charge in [-0.1, -0.05) is 35.3 Å². The molecule has 9 heteroatoms. The maximum Gasteiger partial charge on any atom is 0.408 e. The molecule has 0 aromatic heterocycles.